The maximum atomic E-state index is 12.7. The van der Waals surface area contributed by atoms with Crippen LogP contribution >= 0.6 is 11.8 Å². The Balaban J connectivity index is 1.58. The Hall–Kier alpha value is -4.60. The first-order valence-electron chi connectivity index (χ1n) is 10.4. The molecule has 174 valence electrons. The lowest BCUT2D eigenvalue weighted by Crippen LogP contribution is -2.30. The van der Waals surface area contributed by atoms with Gasteiger partial charge < -0.3 is 15.4 Å². The van der Waals surface area contributed by atoms with Gasteiger partial charge in [0.15, 0.2) is 6.10 Å². The molecule has 0 bridgehead atoms. The normalized spacial score (nSPS) is 10.8. The van der Waals surface area contributed by atoms with Gasteiger partial charge >= 0.3 is 5.97 Å². The van der Waals surface area contributed by atoms with Gasteiger partial charge in [-0.1, -0.05) is 18.2 Å². The van der Waals surface area contributed by atoms with Gasteiger partial charge in [-0.3, -0.25) is 9.59 Å². The van der Waals surface area contributed by atoms with Gasteiger partial charge in [0.25, 0.3) is 5.91 Å². The Bertz CT molecular complexity index is 1330. The average molecular weight is 485 g/mol. The highest BCUT2D eigenvalue weighted by Gasteiger charge is 2.21. The lowest BCUT2D eigenvalue weighted by Gasteiger charge is -2.15. The van der Waals surface area contributed by atoms with E-state index in [0.717, 1.165) is 11.8 Å². The van der Waals surface area contributed by atoms with Gasteiger partial charge in [-0.05, 0) is 61.5 Å². The van der Waals surface area contributed by atoms with E-state index in [1.165, 1.54) is 6.92 Å². The van der Waals surface area contributed by atoms with Crippen molar-refractivity contribution in [1.82, 2.24) is 0 Å². The largest absolute Gasteiger partial charge is 0.449 e. The molecule has 2 N–H and O–H groups in total. The average Bonchev–Trinajstić information content (AvgIpc) is 2.88. The van der Waals surface area contributed by atoms with Crippen LogP contribution in [0.15, 0.2) is 77.7 Å². The highest BCUT2D eigenvalue weighted by Crippen LogP contribution is 2.24. The number of thioether (sulfide) groups is 1. The van der Waals surface area contributed by atoms with Gasteiger partial charge in [0.05, 0.1) is 34.6 Å². The minimum atomic E-state index is -1.08. The van der Waals surface area contributed by atoms with E-state index in [1.807, 2.05) is 12.1 Å². The number of benzene rings is 3. The summed E-state index contributed by atoms with van der Waals surface area (Å²) in [6, 6.07) is 23.5. The van der Waals surface area contributed by atoms with E-state index in [4.69, 9.17) is 15.3 Å². The van der Waals surface area contributed by atoms with Crippen LogP contribution in [0.25, 0.3) is 0 Å². The molecule has 8 nitrogen and oxygen atoms in total. The van der Waals surface area contributed by atoms with Crippen LogP contribution in [-0.2, 0) is 14.3 Å². The van der Waals surface area contributed by atoms with Crippen molar-refractivity contribution in [2.45, 2.75) is 17.9 Å². The summed E-state index contributed by atoms with van der Waals surface area (Å²) in [4.78, 5) is 38.0. The fraction of sp³-hybridized carbons (Fsp3) is 0.115. The van der Waals surface area contributed by atoms with Crippen molar-refractivity contribution in [3.05, 3.63) is 89.5 Å². The molecule has 9 heteroatoms. The van der Waals surface area contributed by atoms with E-state index in [9.17, 15) is 14.4 Å². The number of amides is 2. The fourth-order valence-electron chi connectivity index (χ4n) is 2.92. The van der Waals surface area contributed by atoms with Crippen molar-refractivity contribution in [1.29, 1.82) is 10.5 Å². The van der Waals surface area contributed by atoms with Gasteiger partial charge in [-0.15, -0.1) is 11.8 Å². The van der Waals surface area contributed by atoms with Gasteiger partial charge in [-0.2, -0.15) is 10.5 Å². The molecule has 3 rings (SSSR count). The summed E-state index contributed by atoms with van der Waals surface area (Å²) in [5.74, 6) is -1.50. The van der Waals surface area contributed by atoms with Gasteiger partial charge in [0, 0.05) is 16.3 Å². The van der Waals surface area contributed by atoms with E-state index in [0.29, 0.717) is 27.4 Å². The predicted molar refractivity (Wildman–Crippen MR) is 132 cm³/mol. The van der Waals surface area contributed by atoms with Crippen LogP contribution in [0.3, 0.4) is 0 Å². The molecule has 35 heavy (non-hydrogen) atoms. The smallest absolute Gasteiger partial charge is 0.340 e. The molecule has 0 spiro atoms. The standard InChI is InChI=1S/C26H20N4O4S/c1-17(25(32)30-20-11-9-18(14-27)10-12-20)34-26(33)22-7-2-3-8-23(22)35-16-24(31)29-21-6-4-5-19(13-21)15-28/h2-13,17H,16H2,1H3,(H,29,31)(H,30,32). The zero-order valence-corrected chi connectivity index (χ0v) is 19.5. The Morgan fingerprint density at radius 3 is 2.31 bits per heavy atom. The summed E-state index contributed by atoms with van der Waals surface area (Å²) < 4.78 is 5.34. The van der Waals surface area contributed by atoms with Crippen LogP contribution in [0.5, 0.6) is 0 Å². The lowest BCUT2D eigenvalue weighted by molar-refractivity contribution is -0.123. The molecule has 0 saturated heterocycles. The summed E-state index contributed by atoms with van der Waals surface area (Å²) in [7, 11) is 0. The number of nitrogens with zero attached hydrogens (tertiary/aromatic N) is 2. The maximum absolute atomic E-state index is 12.7. The topological polar surface area (TPSA) is 132 Å². The maximum Gasteiger partial charge on any atom is 0.340 e. The van der Waals surface area contributed by atoms with Crippen molar-refractivity contribution in [2.75, 3.05) is 16.4 Å². The second-order valence-electron chi connectivity index (χ2n) is 7.25. The van der Waals surface area contributed by atoms with Crippen LogP contribution in [0.2, 0.25) is 0 Å². The van der Waals surface area contributed by atoms with Crippen LogP contribution < -0.4 is 10.6 Å². The minimum absolute atomic E-state index is 0.0236. The Labute approximate surface area is 206 Å². The molecule has 1 atom stereocenters. The molecule has 0 fully saturated rings. The van der Waals surface area contributed by atoms with E-state index in [2.05, 4.69) is 10.6 Å². The van der Waals surface area contributed by atoms with E-state index < -0.39 is 18.0 Å². The fourth-order valence-corrected chi connectivity index (χ4v) is 3.76. The zero-order valence-electron chi connectivity index (χ0n) is 18.6. The zero-order chi connectivity index (χ0) is 25.2. The molecule has 0 saturated carbocycles. The molecule has 0 radical (unpaired) electrons. The number of carbonyl (C=O) groups is 3. The first-order chi connectivity index (χ1) is 16.9. The minimum Gasteiger partial charge on any atom is -0.449 e. The molecule has 0 aliphatic carbocycles. The molecule has 0 aliphatic heterocycles. The first-order valence-corrected chi connectivity index (χ1v) is 11.4. The summed E-state index contributed by atoms with van der Waals surface area (Å²) in [5.41, 5.74) is 2.10. The molecular formula is C26H20N4O4S. The molecule has 0 aromatic heterocycles. The number of carbonyl (C=O) groups excluding carboxylic acids is 3. The van der Waals surface area contributed by atoms with E-state index in [1.54, 1.807) is 72.8 Å². The van der Waals surface area contributed by atoms with Crippen molar-refractivity contribution in [3.8, 4) is 12.1 Å². The van der Waals surface area contributed by atoms with Crippen molar-refractivity contribution >= 4 is 40.9 Å². The monoisotopic (exact) mass is 484 g/mol. The molecule has 1 unspecified atom stereocenters. The highest BCUT2D eigenvalue weighted by molar-refractivity contribution is 8.00. The number of nitrogens with one attached hydrogen (secondary N) is 2. The van der Waals surface area contributed by atoms with Gasteiger partial charge in [0.1, 0.15) is 0 Å². The van der Waals surface area contributed by atoms with Gasteiger partial charge in [0.2, 0.25) is 5.91 Å². The number of esters is 1. The van der Waals surface area contributed by atoms with Crippen LogP contribution in [0.1, 0.15) is 28.4 Å². The second-order valence-corrected chi connectivity index (χ2v) is 8.27. The molecular weight excluding hydrogens is 464 g/mol. The summed E-state index contributed by atoms with van der Waals surface area (Å²) >= 11 is 1.15. The summed E-state index contributed by atoms with van der Waals surface area (Å²) in [5, 5.41) is 23.2. The van der Waals surface area contributed by atoms with Crippen LogP contribution in [0.4, 0.5) is 11.4 Å². The quantitative estimate of drug-likeness (QED) is 0.359. The molecule has 3 aromatic rings. The SMILES string of the molecule is CC(OC(=O)c1ccccc1SCC(=O)Nc1cccc(C#N)c1)C(=O)Nc1ccc(C#N)cc1. The van der Waals surface area contributed by atoms with Crippen molar-refractivity contribution in [3.63, 3.8) is 0 Å². The number of anilines is 2. The number of rotatable bonds is 8. The van der Waals surface area contributed by atoms with Crippen LogP contribution in [0, 0.1) is 22.7 Å². The second kappa shape index (κ2) is 12.0. The third-order valence-corrected chi connectivity index (χ3v) is 5.75. The van der Waals surface area contributed by atoms with Crippen molar-refractivity contribution in [2.24, 2.45) is 0 Å². The molecule has 3 aromatic carbocycles. The Morgan fingerprint density at radius 1 is 0.886 bits per heavy atom. The number of hydrogen-bond acceptors (Lipinski definition) is 7. The van der Waals surface area contributed by atoms with E-state index in [-0.39, 0.29) is 17.2 Å². The highest BCUT2D eigenvalue weighted by atomic mass is 32.2. The molecule has 0 aliphatic rings. The summed E-state index contributed by atoms with van der Waals surface area (Å²) in [6.07, 6.45) is -1.08. The third-order valence-electron chi connectivity index (χ3n) is 4.68. The van der Waals surface area contributed by atoms with Crippen molar-refractivity contribution < 1.29 is 19.1 Å². The van der Waals surface area contributed by atoms with E-state index >= 15 is 0 Å². The Kier molecular flexibility index (Phi) is 8.60. The lowest BCUT2D eigenvalue weighted by atomic mass is 10.2. The first kappa shape index (κ1) is 25.0. The molecule has 0 heterocycles. The van der Waals surface area contributed by atoms with Crippen LogP contribution in [-0.4, -0.2) is 29.6 Å². The number of hydrogen-bond donors (Lipinski definition) is 2. The molecule has 2 amide bonds. The number of ether oxygens (including phenoxy) is 1. The predicted octanol–water partition coefficient (Wildman–Crippen LogP) is 4.34. The Morgan fingerprint density at radius 2 is 1.60 bits per heavy atom. The summed E-state index contributed by atoms with van der Waals surface area (Å²) in [6.45, 7) is 1.45. The van der Waals surface area contributed by atoms with Gasteiger partial charge in [-0.25, -0.2) is 4.79 Å². The number of nitriles is 2. The third kappa shape index (κ3) is 7.19.